The fraction of sp³-hybridized carbons (Fsp3) is 0.333. The van der Waals surface area contributed by atoms with Crippen LogP contribution >= 0.6 is 0 Å². The van der Waals surface area contributed by atoms with Crippen LogP contribution in [0.4, 0.5) is 5.82 Å². The Morgan fingerprint density at radius 3 is 2.67 bits per heavy atom. The minimum atomic E-state index is -0.0396. The molecule has 0 fully saturated rings. The third-order valence-corrected chi connectivity index (χ3v) is 3.05. The topological polar surface area (TPSA) is 76.7 Å². The first-order chi connectivity index (χ1) is 10.0. The predicted molar refractivity (Wildman–Crippen MR) is 79.9 cm³/mol. The van der Waals surface area contributed by atoms with E-state index in [1.54, 1.807) is 18.6 Å². The first-order valence-corrected chi connectivity index (χ1v) is 6.79. The summed E-state index contributed by atoms with van der Waals surface area (Å²) in [6.45, 7) is 6.76. The molecule has 0 spiro atoms. The zero-order chi connectivity index (χ0) is 14.9. The maximum absolute atomic E-state index is 5.73. The van der Waals surface area contributed by atoms with Gasteiger partial charge in [0, 0.05) is 17.8 Å². The maximum Gasteiger partial charge on any atom is 0.213 e. The van der Waals surface area contributed by atoms with Crippen molar-refractivity contribution in [1.82, 2.24) is 19.9 Å². The lowest BCUT2D eigenvalue weighted by atomic mass is 9.94. The standard InChI is InChI=1S/C15H17N5O/c1-15(2,3)11-8-19-13(21-11)9-18-12-5-4-10-14(20-12)17-7-6-16-10/h4-8H,9H2,1-3H3,(H,17,18,20). The molecule has 6 heteroatoms. The highest BCUT2D eigenvalue weighted by atomic mass is 16.4. The van der Waals surface area contributed by atoms with Crippen molar-refractivity contribution in [3.05, 3.63) is 42.4 Å². The highest BCUT2D eigenvalue weighted by Gasteiger charge is 2.19. The van der Waals surface area contributed by atoms with Gasteiger partial charge in [-0.1, -0.05) is 20.8 Å². The summed E-state index contributed by atoms with van der Waals surface area (Å²) in [5, 5.41) is 3.18. The van der Waals surface area contributed by atoms with Crippen LogP contribution in [0.1, 0.15) is 32.4 Å². The Balaban J connectivity index is 1.73. The van der Waals surface area contributed by atoms with E-state index in [4.69, 9.17) is 4.42 Å². The molecule has 0 unspecified atom stereocenters. The normalized spacial score (nSPS) is 11.8. The largest absolute Gasteiger partial charge is 0.443 e. The maximum atomic E-state index is 5.73. The number of nitrogens with one attached hydrogen (secondary N) is 1. The molecule has 0 amide bonds. The highest BCUT2D eigenvalue weighted by molar-refractivity contribution is 5.71. The molecule has 0 aliphatic heterocycles. The fourth-order valence-corrected chi connectivity index (χ4v) is 1.86. The number of rotatable bonds is 3. The molecule has 3 rings (SSSR count). The minimum absolute atomic E-state index is 0.0396. The van der Waals surface area contributed by atoms with Crippen LogP contribution in [-0.4, -0.2) is 19.9 Å². The zero-order valence-electron chi connectivity index (χ0n) is 12.3. The lowest BCUT2D eigenvalue weighted by Gasteiger charge is -2.13. The fourth-order valence-electron chi connectivity index (χ4n) is 1.86. The van der Waals surface area contributed by atoms with Crippen LogP contribution in [0.15, 0.2) is 35.1 Å². The molecule has 0 saturated heterocycles. The second kappa shape index (κ2) is 5.12. The average molecular weight is 283 g/mol. The van der Waals surface area contributed by atoms with Gasteiger partial charge in [0.05, 0.1) is 12.7 Å². The predicted octanol–water partition coefficient (Wildman–Crippen LogP) is 2.92. The SMILES string of the molecule is CC(C)(C)c1cnc(CNc2ccc3nccnc3n2)o1. The minimum Gasteiger partial charge on any atom is -0.443 e. The van der Waals surface area contributed by atoms with Crippen LogP contribution in [0, 0.1) is 0 Å². The van der Waals surface area contributed by atoms with Crippen molar-refractivity contribution in [3.63, 3.8) is 0 Å². The van der Waals surface area contributed by atoms with Crippen molar-refractivity contribution in [2.75, 3.05) is 5.32 Å². The molecule has 21 heavy (non-hydrogen) atoms. The summed E-state index contributed by atoms with van der Waals surface area (Å²) in [7, 11) is 0. The van der Waals surface area contributed by atoms with Crippen molar-refractivity contribution >= 4 is 17.0 Å². The van der Waals surface area contributed by atoms with Gasteiger partial charge in [0.25, 0.3) is 0 Å². The summed E-state index contributed by atoms with van der Waals surface area (Å²) in [5.41, 5.74) is 1.35. The molecule has 0 saturated carbocycles. The smallest absolute Gasteiger partial charge is 0.213 e. The van der Waals surface area contributed by atoms with Gasteiger partial charge in [-0.25, -0.2) is 15.0 Å². The summed E-state index contributed by atoms with van der Waals surface area (Å²) in [6.07, 6.45) is 5.05. The van der Waals surface area contributed by atoms with E-state index in [9.17, 15) is 0 Å². The molecule has 0 atom stereocenters. The van der Waals surface area contributed by atoms with Crippen LogP contribution in [0.5, 0.6) is 0 Å². The van der Waals surface area contributed by atoms with E-state index in [0.29, 0.717) is 18.1 Å². The Hall–Kier alpha value is -2.50. The van der Waals surface area contributed by atoms with Gasteiger partial charge in [0.15, 0.2) is 5.65 Å². The Labute approximate surface area is 122 Å². The van der Waals surface area contributed by atoms with Crippen LogP contribution in [0.3, 0.4) is 0 Å². The number of oxazole rings is 1. The average Bonchev–Trinajstić information content (AvgIpc) is 2.94. The van der Waals surface area contributed by atoms with E-state index >= 15 is 0 Å². The van der Waals surface area contributed by atoms with Gasteiger partial charge in [-0.2, -0.15) is 0 Å². The van der Waals surface area contributed by atoms with Crippen molar-refractivity contribution in [3.8, 4) is 0 Å². The summed E-state index contributed by atoms with van der Waals surface area (Å²) in [5.74, 6) is 2.23. The van der Waals surface area contributed by atoms with Crippen LogP contribution in [-0.2, 0) is 12.0 Å². The Morgan fingerprint density at radius 1 is 1.10 bits per heavy atom. The summed E-state index contributed by atoms with van der Waals surface area (Å²) < 4.78 is 5.73. The second-order valence-corrected chi connectivity index (χ2v) is 5.82. The molecule has 108 valence electrons. The molecule has 0 aliphatic rings. The molecule has 0 bridgehead atoms. The number of nitrogens with zero attached hydrogens (tertiary/aromatic N) is 4. The first kappa shape index (κ1) is 13.5. The van der Waals surface area contributed by atoms with Crippen molar-refractivity contribution in [2.24, 2.45) is 0 Å². The quantitative estimate of drug-likeness (QED) is 0.796. The summed E-state index contributed by atoms with van der Waals surface area (Å²) in [4.78, 5) is 17.0. The van der Waals surface area contributed by atoms with Gasteiger partial charge in [-0.05, 0) is 12.1 Å². The monoisotopic (exact) mass is 283 g/mol. The van der Waals surface area contributed by atoms with Crippen LogP contribution < -0.4 is 5.32 Å². The van der Waals surface area contributed by atoms with Gasteiger partial charge in [-0.3, -0.25) is 4.98 Å². The van der Waals surface area contributed by atoms with E-state index < -0.39 is 0 Å². The molecule has 3 aromatic heterocycles. The van der Waals surface area contributed by atoms with E-state index in [1.165, 1.54) is 0 Å². The van der Waals surface area contributed by atoms with Crippen molar-refractivity contribution < 1.29 is 4.42 Å². The molecule has 3 aromatic rings. The van der Waals surface area contributed by atoms with Crippen LogP contribution in [0.25, 0.3) is 11.2 Å². The van der Waals surface area contributed by atoms with Crippen molar-refractivity contribution in [1.29, 1.82) is 0 Å². The van der Waals surface area contributed by atoms with Gasteiger partial charge >= 0.3 is 0 Å². The van der Waals surface area contributed by atoms with E-state index in [0.717, 1.165) is 17.1 Å². The summed E-state index contributed by atoms with van der Waals surface area (Å²) >= 11 is 0. The lowest BCUT2D eigenvalue weighted by molar-refractivity contribution is 0.385. The summed E-state index contributed by atoms with van der Waals surface area (Å²) in [6, 6.07) is 3.75. The Kier molecular flexibility index (Phi) is 3.29. The number of hydrogen-bond acceptors (Lipinski definition) is 6. The third-order valence-electron chi connectivity index (χ3n) is 3.05. The number of pyridine rings is 1. The van der Waals surface area contributed by atoms with E-state index in [1.807, 2.05) is 12.1 Å². The van der Waals surface area contributed by atoms with Crippen molar-refractivity contribution in [2.45, 2.75) is 32.7 Å². The first-order valence-electron chi connectivity index (χ1n) is 6.79. The molecule has 0 radical (unpaired) electrons. The number of aromatic nitrogens is 4. The van der Waals surface area contributed by atoms with Gasteiger partial charge < -0.3 is 9.73 Å². The molecule has 3 heterocycles. The lowest BCUT2D eigenvalue weighted by Crippen LogP contribution is -2.09. The molecule has 0 aliphatic carbocycles. The molecule has 0 aromatic carbocycles. The zero-order valence-corrected chi connectivity index (χ0v) is 12.3. The Morgan fingerprint density at radius 2 is 1.90 bits per heavy atom. The van der Waals surface area contributed by atoms with E-state index in [-0.39, 0.29) is 5.41 Å². The number of anilines is 1. The van der Waals surface area contributed by atoms with Gasteiger partial charge in [-0.15, -0.1) is 0 Å². The molecular weight excluding hydrogens is 266 g/mol. The second-order valence-electron chi connectivity index (χ2n) is 5.82. The number of hydrogen-bond donors (Lipinski definition) is 1. The Bertz CT molecular complexity index is 760. The molecular formula is C15H17N5O. The van der Waals surface area contributed by atoms with Gasteiger partial charge in [0.2, 0.25) is 5.89 Å². The third kappa shape index (κ3) is 2.99. The van der Waals surface area contributed by atoms with Crippen LogP contribution in [0.2, 0.25) is 0 Å². The highest BCUT2D eigenvalue weighted by Crippen LogP contribution is 2.22. The number of fused-ring (bicyclic) bond motifs is 1. The van der Waals surface area contributed by atoms with Gasteiger partial charge in [0.1, 0.15) is 17.1 Å². The van der Waals surface area contributed by atoms with E-state index in [2.05, 4.69) is 46.0 Å². The molecule has 1 N–H and O–H groups in total. The molecule has 6 nitrogen and oxygen atoms in total.